The lowest BCUT2D eigenvalue weighted by atomic mass is 9.68. The number of non-ortho nitro benzene ring substituents is 1. The molecule has 4 aliphatic rings. The monoisotopic (exact) mass is 1030 g/mol. The topological polar surface area (TPSA) is 248 Å². The van der Waals surface area contributed by atoms with Gasteiger partial charge in [-0.25, -0.2) is 4.68 Å². The SMILES string of the molecule is CC[C@H]1OC(=O)[C@H](C)[C@@H](C2C[C@@](C)(OC)[C@@H](O)[C@H](C)O2)[C@H](C)[C@@H](O[C@@H]2O[C@H](C)C[C@H](N(C)CCc3cn([C@H]4CCCN(Cc5ccc([N+](=O)[O-])cc5)C4)nn3)[C@H]2O)[C@](C)(O)C[C@@H](C)CN(C)[C@H](C)[C@@H](O)[C@]1(C)O. The number of cyclic esters (lactones) is 1. The minimum atomic E-state index is -1.82. The number of carbonyl (C=O) groups is 1. The van der Waals surface area contributed by atoms with E-state index in [1.165, 1.54) is 14.0 Å². The van der Waals surface area contributed by atoms with Crippen molar-refractivity contribution in [1.29, 1.82) is 0 Å². The summed E-state index contributed by atoms with van der Waals surface area (Å²) in [4.78, 5) is 31.8. The molecule has 19 atom stereocenters. The number of carbonyl (C=O) groups excluding carboxylic acids is 1. The number of aliphatic hydroxyl groups is 5. The van der Waals surface area contributed by atoms with E-state index >= 15 is 0 Å². The second-order valence-corrected chi connectivity index (χ2v) is 23.2. The minimum Gasteiger partial charge on any atom is -0.459 e. The molecule has 0 amide bonds. The number of rotatable bonds is 13. The summed E-state index contributed by atoms with van der Waals surface area (Å²) >= 11 is 0. The van der Waals surface area contributed by atoms with E-state index in [1.807, 2.05) is 76.6 Å². The summed E-state index contributed by atoms with van der Waals surface area (Å²) in [6, 6.07) is 5.85. The maximum Gasteiger partial charge on any atom is 0.309 e. The highest BCUT2D eigenvalue weighted by Crippen LogP contribution is 2.45. The number of piperidine rings is 1. The molecule has 2 aromatic rings. The molecule has 1 aromatic carbocycles. The van der Waals surface area contributed by atoms with Crippen LogP contribution in [-0.2, 0) is 41.4 Å². The lowest BCUT2D eigenvalue weighted by Gasteiger charge is -2.51. The van der Waals surface area contributed by atoms with E-state index in [0.717, 1.165) is 37.2 Å². The van der Waals surface area contributed by atoms with Gasteiger partial charge in [-0.05, 0) is 112 Å². The molecule has 0 saturated carbocycles. The van der Waals surface area contributed by atoms with Crippen LogP contribution in [0.25, 0.3) is 0 Å². The lowest BCUT2D eigenvalue weighted by Crippen LogP contribution is -2.62. The smallest absolute Gasteiger partial charge is 0.309 e. The van der Waals surface area contributed by atoms with Gasteiger partial charge in [0.05, 0.1) is 58.2 Å². The van der Waals surface area contributed by atoms with Crippen molar-refractivity contribution in [3.63, 3.8) is 0 Å². The number of aliphatic hydroxyl groups excluding tert-OH is 3. The lowest BCUT2D eigenvalue weighted by molar-refractivity contribution is -0.384. The van der Waals surface area contributed by atoms with Gasteiger partial charge >= 0.3 is 5.97 Å². The number of nitrogens with zero attached hydrogens (tertiary/aromatic N) is 7. The molecular formula is C53H89N7O13. The summed E-state index contributed by atoms with van der Waals surface area (Å²) in [7, 11) is 5.34. The van der Waals surface area contributed by atoms with Crippen LogP contribution < -0.4 is 0 Å². The molecule has 1 aromatic heterocycles. The summed E-state index contributed by atoms with van der Waals surface area (Å²) in [6.45, 7) is 21.3. The highest BCUT2D eigenvalue weighted by Gasteiger charge is 2.55. The third-order valence-electron chi connectivity index (χ3n) is 17.1. The number of esters is 1. The highest BCUT2D eigenvalue weighted by atomic mass is 16.7. The summed E-state index contributed by atoms with van der Waals surface area (Å²) < 4.78 is 34.2. The number of likely N-dealkylation sites (tertiary alicyclic amines) is 1. The van der Waals surface area contributed by atoms with Crippen LogP contribution in [0.5, 0.6) is 0 Å². The Labute approximate surface area is 432 Å². The summed E-state index contributed by atoms with van der Waals surface area (Å²) in [5, 5.41) is 80.4. The fourth-order valence-electron chi connectivity index (χ4n) is 12.6. The van der Waals surface area contributed by atoms with Crippen LogP contribution in [0.2, 0.25) is 0 Å². The summed E-state index contributed by atoms with van der Waals surface area (Å²) in [6.07, 6.45) is -2.91. The molecule has 6 rings (SSSR count). The zero-order chi connectivity index (χ0) is 53.9. The molecule has 73 heavy (non-hydrogen) atoms. The number of aromatic nitrogens is 3. The molecule has 0 aliphatic carbocycles. The first-order valence-corrected chi connectivity index (χ1v) is 26.7. The van der Waals surface area contributed by atoms with Gasteiger partial charge in [-0.1, -0.05) is 45.0 Å². The maximum absolute atomic E-state index is 14.6. The first-order chi connectivity index (χ1) is 34.2. The van der Waals surface area contributed by atoms with Crippen molar-refractivity contribution in [3.05, 3.63) is 51.8 Å². The van der Waals surface area contributed by atoms with Crippen LogP contribution in [0.4, 0.5) is 5.69 Å². The Morgan fingerprint density at radius 2 is 1.67 bits per heavy atom. The van der Waals surface area contributed by atoms with Crippen molar-refractivity contribution in [2.24, 2.45) is 23.7 Å². The Morgan fingerprint density at radius 1 is 0.986 bits per heavy atom. The van der Waals surface area contributed by atoms with Gasteiger partial charge < -0.3 is 59.0 Å². The molecule has 5 heterocycles. The van der Waals surface area contributed by atoms with Crippen LogP contribution >= 0.6 is 0 Å². The zero-order valence-electron chi connectivity index (χ0n) is 45.7. The normalized spacial score (nSPS) is 41.2. The standard InChI is InChI=1S/C53H89N7O13/c1-14-43-53(10,66)46(62)35(6)57(12)27-31(2)25-51(8,65)48(33(4)44(34(5)49(64)72-43)42-26-52(9,69-13)47(63)36(7)71-42)73-50-45(61)41(24-32(3)70-50)56(11)23-21-38-29-59(55-54-38)40-16-15-22-58(30-40)28-37-17-19-39(20-18-37)60(67)68/h17-20,29,31-36,40-48,50,61-63,65-66H,14-16,21-28,30H2,1-13H3/t31-,32-,33+,34-,35-,36+,40+,41+,42?,43-,44+,45-,46-,47+,48-,50+,51-,52-,53-/m1/s1. The van der Waals surface area contributed by atoms with E-state index < -0.39 is 102 Å². The Hall–Kier alpha value is -3.25. The van der Waals surface area contributed by atoms with Crippen molar-refractivity contribution in [2.75, 3.05) is 47.4 Å². The van der Waals surface area contributed by atoms with Gasteiger partial charge in [-0.15, -0.1) is 5.10 Å². The Morgan fingerprint density at radius 3 is 2.32 bits per heavy atom. The third-order valence-corrected chi connectivity index (χ3v) is 17.1. The molecule has 4 fully saturated rings. The van der Waals surface area contributed by atoms with Crippen LogP contribution in [0.1, 0.15) is 125 Å². The number of nitro benzene ring substituents is 1. The zero-order valence-corrected chi connectivity index (χ0v) is 45.7. The number of hydrogen-bond donors (Lipinski definition) is 5. The van der Waals surface area contributed by atoms with Crippen molar-refractivity contribution in [3.8, 4) is 0 Å². The number of methoxy groups -OCH3 is 1. The number of benzene rings is 1. The molecule has 4 aliphatic heterocycles. The van der Waals surface area contributed by atoms with Gasteiger partial charge in [0.2, 0.25) is 0 Å². The van der Waals surface area contributed by atoms with Gasteiger partial charge in [-0.2, -0.15) is 0 Å². The highest BCUT2D eigenvalue weighted by molar-refractivity contribution is 5.73. The molecule has 0 bridgehead atoms. The molecule has 5 N–H and O–H groups in total. The van der Waals surface area contributed by atoms with Crippen molar-refractivity contribution in [1.82, 2.24) is 29.7 Å². The molecule has 1 unspecified atom stereocenters. The van der Waals surface area contributed by atoms with Crippen molar-refractivity contribution >= 4 is 11.7 Å². The fraction of sp³-hybridized carbons (Fsp3) is 0.830. The number of nitro groups is 1. The van der Waals surface area contributed by atoms with Crippen molar-refractivity contribution in [2.45, 2.75) is 211 Å². The Kier molecular flexibility index (Phi) is 19.7. The first-order valence-electron chi connectivity index (χ1n) is 26.7. The van der Waals surface area contributed by atoms with Gasteiger partial charge in [0, 0.05) is 82.5 Å². The van der Waals surface area contributed by atoms with Gasteiger partial charge in [0.15, 0.2) is 6.29 Å². The molecule has 0 spiro atoms. The first kappa shape index (κ1) is 59.0. The number of likely N-dealkylation sites (N-methyl/N-ethyl adjacent to an activating group) is 2. The molecule has 20 nitrogen and oxygen atoms in total. The fourth-order valence-corrected chi connectivity index (χ4v) is 12.6. The molecule has 414 valence electrons. The van der Waals surface area contributed by atoms with E-state index in [4.69, 9.17) is 23.7 Å². The maximum atomic E-state index is 14.6. The van der Waals surface area contributed by atoms with E-state index in [2.05, 4.69) is 20.1 Å². The van der Waals surface area contributed by atoms with Gasteiger partial charge in [0.25, 0.3) is 5.69 Å². The van der Waals surface area contributed by atoms with E-state index in [-0.39, 0.29) is 47.9 Å². The third kappa shape index (κ3) is 13.7. The number of ether oxygens (including phenoxy) is 5. The van der Waals surface area contributed by atoms with Crippen LogP contribution in [0, 0.1) is 33.8 Å². The Balaban J connectivity index is 1.24. The molecular weight excluding hydrogens is 943 g/mol. The summed E-state index contributed by atoms with van der Waals surface area (Å²) in [5.41, 5.74) is -2.57. The van der Waals surface area contributed by atoms with Gasteiger partial charge in [0.1, 0.15) is 30.0 Å². The predicted molar refractivity (Wildman–Crippen MR) is 272 cm³/mol. The van der Waals surface area contributed by atoms with E-state index in [1.54, 1.807) is 39.8 Å². The molecule has 0 radical (unpaired) electrons. The minimum absolute atomic E-state index is 0.0741. The predicted octanol–water partition coefficient (Wildman–Crippen LogP) is 4.12. The second kappa shape index (κ2) is 24.4. The Bertz CT molecular complexity index is 2100. The average Bonchev–Trinajstić information content (AvgIpc) is 3.82. The van der Waals surface area contributed by atoms with Crippen LogP contribution in [0.15, 0.2) is 30.5 Å². The molecule has 4 saturated heterocycles. The quantitative estimate of drug-likeness (QED) is 0.108. The summed E-state index contributed by atoms with van der Waals surface area (Å²) in [5.74, 6) is -3.16. The van der Waals surface area contributed by atoms with Gasteiger partial charge in [-0.3, -0.25) is 19.8 Å². The number of hydrogen-bond acceptors (Lipinski definition) is 18. The van der Waals surface area contributed by atoms with Crippen LogP contribution in [0.3, 0.4) is 0 Å². The van der Waals surface area contributed by atoms with E-state index in [0.29, 0.717) is 32.5 Å². The van der Waals surface area contributed by atoms with Crippen LogP contribution in [-0.4, -0.2) is 198 Å². The average molecular weight is 1030 g/mol. The molecule has 20 heteroatoms. The van der Waals surface area contributed by atoms with E-state index in [9.17, 15) is 40.4 Å². The largest absolute Gasteiger partial charge is 0.459 e. The van der Waals surface area contributed by atoms with Crippen molar-refractivity contribution < 1.29 is 58.9 Å². The second-order valence-electron chi connectivity index (χ2n) is 23.2.